The summed E-state index contributed by atoms with van der Waals surface area (Å²) in [4.78, 5) is 23.8. The highest BCUT2D eigenvalue weighted by atomic mass is 79.9. The summed E-state index contributed by atoms with van der Waals surface area (Å²) >= 11 is 3.15. The van der Waals surface area contributed by atoms with Crippen LogP contribution in [0.2, 0.25) is 0 Å². The minimum Gasteiger partial charge on any atom is -0.465 e. The van der Waals surface area contributed by atoms with E-state index in [1.807, 2.05) is 0 Å². The monoisotopic (exact) mass is 365 g/mol. The van der Waals surface area contributed by atoms with E-state index in [4.69, 9.17) is 0 Å². The van der Waals surface area contributed by atoms with Crippen LogP contribution in [0, 0.1) is 12.7 Å². The first kappa shape index (κ1) is 16.2. The Labute approximate surface area is 135 Å². The number of rotatable bonds is 3. The third-order valence-corrected chi connectivity index (χ3v) is 3.74. The van der Waals surface area contributed by atoms with Gasteiger partial charge in [0, 0.05) is 10.2 Å². The second-order valence-corrected chi connectivity index (χ2v) is 5.45. The molecule has 0 unspecified atom stereocenters. The number of methoxy groups -OCH3 is 1. The fourth-order valence-electron chi connectivity index (χ4n) is 1.86. The largest absolute Gasteiger partial charge is 0.465 e. The highest BCUT2D eigenvalue weighted by molar-refractivity contribution is 9.10. The Balaban J connectivity index is 2.29. The van der Waals surface area contributed by atoms with Gasteiger partial charge in [0.2, 0.25) is 0 Å². The van der Waals surface area contributed by atoms with Gasteiger partial charge >= 0.3 is 5.97 Å². The Morgan fingerprint density at radius 3 is 2.55 bits per heavy atom. The van der Waals surface area contributed by atoms with Gasteiger partial charge in [0.15, 0.2) is 0 Å². The second kappa shape index (κ2) is 6.70. The van der Waals surface area contributed by atoms with Crippen LogP contribution < -0.4 is 5.32 Å². The van der Waals surface area contributed by atoms with Gasteiger partial charge in [-0.3, -0.25) is 4.79 Å². The van der Waals surface area contributed by atoms with Crippen LogP contribution in [0.25, 0.3) is 0 Å². The molecule has 2 aromatic rings. The standard InChI is InChI=1S/C16H13BrFNO3/c1-9-3-4-10(16(21)22-2)7-14(9)19-15(20)12-6-5-11(18)8-13(12)17/h3-8H,1-2H3,(H,19,20). The van der Waals surface area contributed by atoms with E-state index < -0.39 is 17.7 Å². The Kier molecular flexibility index (Phi) is 4.92. The van der Waals surface area contributed by atoms with Crippen LogP contribution in [-0.4, -0.2) is 19.0 Å². The summed E-state index contributed by atoms with van der Waals surface area (Å²) in [6.07, 6.45) is 0. The molecule has 1 N–H and O–H groups in total. The van der Waals surface area contributed by atoms with E-state index in [0.717, 1.165) is 5.56 Å². The summed E-state index contributed by atoms with van der Waals surface area (Å²) in [7, 11) is 1.29. The number of amides is 1. The zero-order valence-corrected chi connectivity index (χ0v) is 13.5. The first-order chi connectivity index (χ1) is 10.4. The molecular formula is C16H13BrFNO3. The van der Waals surface area contributed by atoms with Crippen LogP contribution in [0.15, 0.2) is 40.9 Å². The maximum atomic E-state index is 13.1. The van der Waals surface area contributed by atoms with Gasteiger partial charge in [-0.2, -0.15) is 0 Å². The number of nitrogens with one attached hydrogen (secondary N) is 1. The van der Waals surface area contributed by atoms with Crippen LogP contribution in [0.1, 0.15) is 26.3 Å². The third kappa shape index (κ3) is 3.51. The second-order valence-electron chi connectivity index (χ2n) is 4.60. The van der Waals surface area contributed by atoms with Gasteiger partial charge in [0.25, 0.3) is 5.91 Å². The number of halogens is 2. The molecule has 0 heterocycles. The highest BCUT2D eigenvalue weighted by Crippen LogP contribution is 2.22. The number of esters is 1. The number of aryl methyl sites for hydroxylation is 1. The minimum absolute atomic E-state index is 0.296. The van der Waals surface area contributed by atoms with E-state index in [0.29, 0.717) is 21.3 Å². The van der Waals surface area contributed by atoms with Crippen LogP contribution in [0.5, 0.6) is 0 Å². The smallest absolute Gasteiger partial charge is 0.337 e. The van der Waals surface area contributed by atoms with Crippen molar-refractivity contribution in [1.82, 2.24) is 0 Å². The van der Waals surface area contributed by atoms with Crippen molar-refractivity contribution in [2.75, 3.05) is 12.4 Å². The molecule has 22 heavy (non-hydrogen) atoms. The van der Waals surface area contributed by atoms with Gasteiger partial charge < -0.3 is 10.1 Å². The number of carbonyl (C=O) groups excluding carboxylic acids is 2. The van der Waals surface area contributed by atoms with Crippen LogP contribution in [0.4, 0.5) is 10.1 Å². The first-order valence-electron chi connectivity index (χ1n) is 6.37. The average molecular weight is 366 g/mol. The molecule has 0 fully saturated rings. The molecule has 2 rings (SSSR count). The van der Waals surface area contributed by atoms with E-state index in [2.05, 4.69) is 26.0 Å². The molecule has 1 amide bonds. The maximum absolute atomic E-state index is 13.1. The SMILES string of the molecule is COC(=O)c1ccc(C)c(NC(=O)c2ccc(F)cc2Br)c1. The summed E-state index contributed by atoms with van der Waals surface area (Å²) < 4.78 is 18.1. The quantitative estimate of drug-likeness (QED) is 0.838. The van der Waals surface area contributed by atoms with Crippen molar-refractivity contribution in [3.05, 3.63) is 63.4 Å². The Bertz CT molecular complexity index is 746. The van der Waals surface area contributed by atoms with Crippen molar-refractivity contribution >= 4 is 33.5 Å². The van der Waals surface area contributed by atoms with Crippen LogP contribution in [0.3, 0.4) is 0 Å². The Morgan fingerprint density at radius 1 is 1.18 bits per heavy atom. The van der Waals surface area contributed by atoms with Gasteiger partial charge in [-0.1, -0.05) is 6.07 Å². The van der Waals surface area contributed by atoms with E-state index in [1.165, 1.54) is 31.4 Å². The third-order valence-electron chi connectivity index (χ3n) is 3.08. The van der Waals surface area contributed by atoms with Crippen molar-refractivity contribution in [3.8, 4) is 0 Å². The highest BCUT2D eigenvalue weighted by Gasteiger charge is 2.14. The molecule has 0 radical (unpaired) electrons. The number of carbonyl (C=O) groups is 2. The summed E-state index contributed by atoms with van der Waals surface area (Å²) in [5.41, 5.74) is 1.91. The molecule has 0 aliphatic heterocycles. The molecule has 0 aliphatic carbocycles. The summed E-state index contributed by atoms with van der Waals surface area (Å²) in [5.74, 6) is -1.33. The van der Waals surface area contributed by atoms with Crippen LogP contribution >= 0.6 is 15.9 Å². The molecular weight excluding hydrogens is 353 g/mol. The maximum Gasteiger partial charge on any atom is 0.337 e. The first-order valence-corrected chi connectivity index (χ1v) is 7.17. The van der Waals surface area contributed by atoms with Gasteiger partial charge in [0.1, 0.15) is 5.82 Å². The van der Waals surface area contributed by atoms with E-state index in [9.17, 15) is 14.0 Å². The predicted molar refractivity (Wildman–Crippen MR) is 84.6 cm³/mol. The Morgan fingerprint density at radius 2 is 1.91 bits per heavy atom. The van der Waals surface area contributed by atoms with E-state index in [1.54, 1.807) is 19.1 Å². The van der Waals surface area contributed by atoms with Gasteiger partial charge in [-0.25, -0.2) is 9.18 Å². The van der Waals surface area contributed by atoms with Gasteiger partial charge in [-0.15, -0.1) is 0 Å². The molecule has 0 saturated heterocycles. The molecule has 114 valence electrons. The molecule has 0 atom stereocenters. The number of ether oxygens (including phenoxy) is 1. The lowest BCUT2D eigenvalue weighted by atomic mass is 10.1. The summed E-state index contributed by atoms with van der Waals surface area (Å²) in [5, 5.41) is 2.71. The summed E-state index contributed by atoms with van der Waals surface area (Å²) in [6, 6.07) is 8.67. The lowest BCUT2D eigenvalue weighted by Crippen LogP contribution is -2.14. The molecule has 0 saturated carbocycles. The fraction of sp³-hybridized carbons (Fsp3) is 0.125. The van der Waals surface area contributed by atoms with E-state index >= 15 is 0 Å². The van der Waals surface area contributed by atoms with Crippen molar-refractivity contribution in [3.63, 3.8) is 0 Å². The zero-order valence-electron chi connectivity index (χ0n) is 11.9. The Hall–Kier alpha value is -2.21. The molecule has 2 aromatic carbocycles. The zero-order chi connectivity index (χ0) is 16.3. The number of hydrogen-bond acceptors (Lipinski definition) is 3. The molecule has 0 spiro atoms. The van der Waals surface area contributed by atoms with Crippen molar-refractivity contribution in [2.24, 2.45) is 0 Å². The number of benzene rings is 2. The van der Waals surface area contributed by atoms with Crippen LogP contribution in [-0.2, 0) is 4.74 Å². The average Bonchev–Trinajstić information content (AvgIpc) is 2.48. The molecule has 4 nitrogen and oxygen atoms in total. The number of anilines is 1. The van der Waals surface area contributed by atoms with Crippen molar-refractivity contribution in [1.29, 1.82) is 0 Å². The van der Waals surface area contributed by atoms with Gasteiger partial charge in [0.05, 0.1) is 18.2 Å². The van der Waals surface area contributed by atoms with Gasteiger partial charge in [-0.05, 0) is 58.7 Å². The normalized spacial score (nSPS) is 10.2. The number of hydrogen-bond donors (Lipinski definition) is 1. The summed E-state index contributed by atoms with van der Waals surface area (Å²) in [6.45, 7) is 1.80. The molecule has 0 bridgehead atoms. The lowest BCUT2D eigenvalue weighted by Gasteiger charge is -2.11. The van der Waals surface area contributed by atoms with E-state index in [-0.39, 0.29) is 0 Å². The fourth-order valence-corrected chi connectivity index (χ4v) is 2.40. The minimum atomic E-state index is -0.488. The predicted octanol–water partition coefficient (Wildman–Crippen LogP) is 3.94. The van der Waals surface area contributed by atoms with Crippen molar-refractivity contribution in [2.45, 2.75) is 6.92 Å². The topological polar surface area (TPSA) is 55.4 Å². The lowest BCUT2D eigenvalue weighted by molar-refractivity contribution is 0.0600. The van der Waals surface area contributed by atoms with Crippen molar-refractivity contribution < 1.29 is 18.7 Å². The molecule has 0 aromatic heterocycles. The molecule has 6 heteroatoms. The molecule has 0 aliphatic rings.